The van der Waals surface area contributed by atoms with Gasteiger partial charge in [0.25, 0.3) is 0 Å². The van der Waals surface area contributed by atoms with E-state index in [1.165, 1.54) is 12.8 Å². The Labute approximate surface area is 124 Å². The number of nitrogens with zero attached hydrogens (tertiary/aromatic N) is 1. The van der Waals surface area contributed by atoms with Crippen LogP contribution in [0.2, 0.25) is 5.02 Å². The first-order valence-corrected chi connectivity index (χ1v) is 7.57. The Morgan fingerprint density at radius 3 is 3.10 bits per heavy atom. The molecular formula is C16H19ClN2O. The van der Waals surface area contributed by atoms with Crippen LogP contribution in [-0.2, 0) is 4.74 Å². The van der Waals surface area contributed by atoms with Gasteiger partial charge in [0.1, 0.15) is 5.82 Å². The average molecular weight is 291 g/mol. The van der Waals surface area contributed by atoms with Gasteiger partial charge in [0.15, 0.2) is 0 Å². The Kier molecular flexibility index (Phi) is 4.38. The lowest BCUT2D eigenvalue weighted by Crippen LogP contribution is -2.20. The van der Waals surface area contributed by atoms with E-state index in [4.69, 9.17) is 16.3 Å². The summed E-state index contributed by atoms with van der Waals surface area (Å²) in [4.78, 5) is 4.58. The van der Waals surface area contributed by atoms with Crippen LogP contribution in [0, 0.1) is 5.92 Å². The summed E-state index contributed by atoms with van der Waals surface area (Å²) in [7, 11) is 0. The minimum atomic E-state index is 0.681. The molecule has 0 saturated carbocycles. The summed E-state index contributed by atoms with van der Waals surface area (Å²) >= 11 is 6.18. The predicted octanol–water partition coefficient (Wildman–Crippen LogP) is 4.12. The van der Waals surface area contributed by atoms with Crippen molar-refractivity contribution in [2.75, 3.05) is 25.1 Å². The first-order chi connectivity index (χ1) is 9.83. The predicted molar refractivity (Wildman–Crippen MR) is 83.4 cm³/mol. The summed E-state index contributed by atoms with van der Waals surface area (Å²) in [6.07, 6.45) is 3.59. The molecule has 0 aliphatic carbocycles. The quantitative estimate of drug-likeness (QED) is 0.920. The fraction of sp³-hybridized carbons (Fsp3) is 0.438. The molecule has 1 N–H and O–H groups in total. The second-order valence-corrected chi connectivity index (χ2v) is 5.71. The van der Waals surface area contributed by atoms with Crippen molar-refractivity contribution in [3.63, 3.8) is 0 Å². The largest absolute Gasteiger partial charge is 0.381 e. The summed E-state index contributed by atoms with van der Waals surface area (Å²) in [6, 6.07) is 9.91. The maximum absolute atomic E-state index is 6.18. The van der Waals surface area contributed by atoms with Gasteiger partial charge in [-0.05, 0) is 43.4 Å². The van der Waals surface area contributed by atoms with Crippen LogP contribution in [0.4, 0.5) is 5.82 Å². The summed E-state index contributed by atoms with van der Waals surface area (Å²) in [6.45, 7) is 2.75. The topological polar surface area (TPSA) is 34.1 Å². The Morgan fingerprint density at radius 1 is 1.30 bits per heavy atom. The molecule has 106 valence electrons. The van der Waals surface area contributed by atoms with Crippen molar-refractivity contribution in [3.05, 3.63) is 35.4 Å². The van der Waals surface area contributed by atoms with Gasteiger partial charge in [-0.25, -0.2) is 4.98 Å². The van der Waals surface area contributed by atoms with Gasteiger partial charge in [0.2, 0.25) is 0 Å². The lowest BCUT2D eigenvalue weighted by molar-refractivity contribution is 0.0530. The molecule has 2 aromatic rings. The summed E-state index contributed by atoms with van der Waals surface area (Å²) in [5, 5.41) is 5.16. The Balaban J connectivity index is 1.61. The van der Waals surface area contributed by atoms with E-state index < -0.39 is 0 Å². The highest BCUT2D eigenvalue weighted by Gasteiger charge is 2.13. The standard InChI is InChI=1S/C16H19ClN2O/c17-14-5-1-4-13-6-7-15(19-16(13)14)18-9-8-12-3-2-10-20-11-12/h1,4-7,12H,2-3,8-11H2,(H,18,19)/t12-/m1/s1. The fourth-order valence-corrected chi connectivity index (χ4v) is 2.87. The minimum Gasteiger partial charge on any atom is -0.381 e. The van der Waals surface area contributed by atoms with E-state index in [2.05, 4.69) is 16.4 Å². The number of ether oxygens (including phenoxy) is 1. The normalized spacial score (nSPS) is 19.1. The second-order valence-electron chi connectivity index (χ2n) is 5.31. The van der Waals surface area contributed by atoms with Gasteiger partial charge >= 0.3 is 0 Å². The number of hydrogen-bond donors (Lipinski definition) is 1. The van der Waals surface area contributed by atoms with Gasteiger partial charge < -0.3 is 10.1 Å². The molecule has 1 aliphatic rings. The highest BCUT2D eigenvalue weighted by Crippen LogP contribution is 2.23. The first-order valence-electron chi connectivity index (χ1n) is 7.20. The van der Waals surface area contributed by atoms with Crippen LogP contribution in [0.15, 0.2) is 30.3 Å². The van der Waals surface area contributed by atoms with Gasteiger partial charge in [0.05, 0.1) is 10.5 Å². The van der Waals surface area contributed by atoms with Crippen LogP contribution >= 0.6 is 11.6 Å². The molecule has 0 spiro atoms. The number of halogens is 1. The molecule has 1 aromatic carbocycles. The third kappa shape index (κ3) is 3.22. The number of para-hydroxylation sites is 1. The molecule has 1 fully saturated rings. The lowest BCUT2D eigenvalue weighted by Gasteiger charge is -2.22. The van der Waals surface area contributed by atoms with Crippen LogP contribution in [0.25, 0.3) is 10.9 Å². The molecule has 4 heteroatoms. The molecule has 0 unspecified atom stereocenters. The molecule has 20 heavy (non-hydrogen) atoms. The van der Waals surface area contributed by atoms with E-state index in [1.807, 2.05) is 24.3 Å². The smallest absolute Gasteiger partial charge is 0.126 e. The SMILES string of the molecule is Clc1cccc2ccc(NCC[C@H]3CCCOC3)nc12. The molecule has 0 radical (unpaired) electrons. The van der Waals surface area contributed by atoms with E-state index in [-0.39, 0.29) is 0 Å². The highest BCUT2D eigenvalue weighted by atomic mass is 35.5. The van der Waals surface area contributed by atoms with E-state index in [9.17, 15) is 0 Å². The van der Waals surface area contributed by atoms with Crippen molar-refractivity contribution < 1.29 is 4.74 Å². The first kappa shape index (κ1) is 13.7. The third-order valence-electron chi connectivity index (χ3n) is 3.78. The third-order valence-corrected chi connectivity index (χ3v) is 4.09. The van der Waals surface area contributed by atoms with E-state index >= 15 is 0 Å². The van der Waals surface area contributed by atoms with Crippen LogP contribution in [0.5, 0.6) is 0 Å². The number of fused-ring (bicyclic) bond motifs is 1. The number of aromatic nitrogens is 1. The second kappa shape index (κ2) is 6.42. The molecule has 1 saturated heterocycles. The van der Waals surface area contributed by atoms with Crippen LogP contribution in [0.1, 0.15) is 19.3 Å². The van der Waals surface area contributed by atoms with Gasteiger partial charge in [-0.1, -0.05) is 23.7 Å². The zero-order chi connectivity index (χ0) is 13.8. The summed E-state index contributed by atoms with van der Waals surface area (Å²) in [5.41, 5.74) is 0.861. The molecule has 3 rings (SSSR count). The number of nitrogens with one attached hydrogen (secondary N) is 1. The molecule has 0 bridgehead atoms. The molecule has 3 nitrogen and oxygen atoms in total. The molecule has 1 aliphatic heterocycles. The van der Waals surface area contributed by atoms with Crippen molar-refractivity contribution in [3.8, 4) is 0 Å². The maximum atomic E-state index is 6.18. The Bertz CT molecular complexity index is 582. The molecule has 2 heterocycles. The van der Waals surface area contributed by atoms with E-state index in [0.29, 0.717) is 10.9 Å². The van der Waals surface area contributed by atoms with E-state index in [1.54, 1.807) is 0 Å². The highest BCUT2D eigenvalue weighted by molar-refractivity contribution is 6.35. The van der Waals surface area contributed by atoms with Crippen LogP contribution in [-0.4, -0.2) is 24.7 Å². The van der Waals surface area contributed by atoms with Crippen molar-refractivity contribution in [1.82, 2.24) is 4.98 Å². The Morgan fingerprint density at radius 2 is 2.25 bits per heavy atom. The van der Waals surface area contributed by atoms with E-state index in [0.717, 1.165) is 42.9 Å². The lowest BCUT2D eigenvalue weighted by atomic mass is 9.99. The van der Waals surface area contributed by atoms with Crippen molar-refractivity contribution >= 4 is 28.3 Å². The molecule has 1 aromatic heterocycles. The fourth-order valence-electron chi connectivity index (χ4n) is 2.65. The number of anilines is 1. The molecule has 1 atom stereocenters. The number of rotatable bonds is 4. The minimum absolute atomic E-state index is 0.681. The van der Waals surface area contributed by atoms with Crippen molar-refractivity contribution in [2.45, 2.75) is 19.3 Å². The summed E-state index contributed by atoms with van der Waals surface area (Å²) < 4.78 is 5.50. The molecular weight excluding hydrogens is 272 g/mol. The summed E-state index contributed by atoms with van der Waals surface area (Å²) in [5.74, 6) is 1.57. The van der Waals surface area contributed by atoms with Crippen LogP contribution < -0.4 is 5.32 Å². The Hall–Kier alpha value is -1.32. The van der Waals surface area contributed by atoms with Crippen LogP contribution in [0.3, 0.4) is 0 Å². The molecule has 0 amide bonds. The van der Waals surface area contributed by atoms with Gasteiger partial charge in [0, 0.05) is 25.1 Å². The zero-order valence-corrected chi connectivity index (χ0v) is 12.2. The van der Waals surface area contributed by atoms with Crippen molar-refractivity contribution in [2.24, 2.45) is 5.92 Å². The zero-order valence-electron chi connectivity index (χ0n) is 11.4. The average Bonchev–Trinajstić information content (AvgIpc) is 2.49. The number of pyridine rings is 1. The van der Waals surface area contributed by atoms with Gasteiger partial charge in [-0.2, -0.15) is 0 Å². The van der Waals surface area contributed by atoms with Gasteiger partial charge in [-0.15, -0.1) is 0 Å². The van der Waals surface area contributed by atoms with Gasteiger partial charge in [-0.3, -0.25) is 0 Å². The number of hydrogen-bond acceptors (Lipinski definition) is 3. The maximum Gasteiger partial charge on any atom is 0.126 e. The number of benzene rings is 1. The monoisotopic (exact) mass is 290 g/mol. The van der Waals surface area contributed by atoms with Crippen molar-refractivity contribution in [1.29, 1.82) is 0 Å².